The van der Waals surface area contributed by atoms with E-state index in [2.05, 4.69) is 47.6 Å². The third-order valence-corrected chi connectivity index (χ3v) is 11.3. The fourth-order valence-corrected chi connectivity index (χ4v) is 9.38. The van der Waals surface area contributed by atoms with E-state index in [1.807, 2.05) is 0 Å². The van der Waals surface area contributed by atoms with Crippen molar-refractivity contribution in [2.45, 2.75) is 118 Å². The summed E-state index contributed by atoms with van der Waals surface area (Å²) >= 11 is 0. The van der Waals surface area contributed by atoms with Crippen LogP contribution in [0.25, 0.3) is 0 Å². The van der Waals surface area contributed by atoms with E-state index < -0.39 is 6.10 Å². The van der Waals surface area contributed by atoms with E-state index in [0.29, 0.717) is 23.7 Å². The van der Waals surface area contributed by atoms with Gasteiger partial charge in [0.15, 0.2) is 0 Å². The van der Waals surface area contributed by atoms with Crippen molar-refractivity contribution in [3.63, 3.8) is 0 Å². The highest BCUT2D eigenvalue weighted by Crippen LogP contribution is 2.67. The summed E-state index contributed by atoms with van der Waals surface area (Å²) in [5.74, 6) is 3.51. The molecular formula is C29H50O3. The van der Waals surface area contributed by atoms with Gasteiger partial charge in [0.05, 0.1) is 18.3 Å². The first-order valence-electron chi connectivity index (χ1n) is 13.8. The average molecular weight is 447 g/mol. The molecule has 0 amide bonds. The minimum atomic E-state index is -0.426. The fourth-order valence-electron chi connectivity index (χ4n) is 9.38. The van der Waals surface area contributed by atoms with Crippen LogP contribution in [0.4, 0.5) is 0 Å². The van der Waals surface area contributed by atoms with E-state index in [-0.39, 0.29) is 29.0 Å². The summed E-state index contributed by atoms with van der Waals surface area (Å²) in [5, 5.41) is 33.0. The molecule has 0 heterocycles. The average Bonchev–Trinajstić information content (AvgIpc) is 2.99. The number of hydrogen-bond acceptors (Lipinski definition) is 3. The van der Waals surface area contributed by atoms with E-state index in [9.17, 15) is 15.3 Å². The van der Waals surface area contributed by atoms with Crippen molar-refractivity contribution in [2.24, 2.45) is 52.3 Å². The predicted octanol–water partition coefficient (Wildman–Crippen LogP) is 5.97. The summed E-state index contributed by atoms with van der Waals surface area (Å²) in [7, 11) is 0. The molecule has 0 saturated heterocycles. The molecule has 32 heavy (non-hydrogen) atoms. The van der Waals surface area contributed by atoms with Gasteiger partial charge in [0, 0.05) is 0 Å². The summed E-state index contributed by atoms with van der Waals surface area (Å²) in [5.41, 5.74) is 1.54. The Kier molecular flexibility index (Phi) is 6.96. The molecule has 3 heteroatoms. The molecule has 0 radical (unpaired) electrons. The highest BCUT2D eigenvalue weighted by atomic mass is 16.3. The van der Waals surface area contributed by atoms with Gasteiger partial charge in [-0.2, -0.15) is 0 Å². The quantitative estimate of drug-likeness (QED) is 0.441. The van der Waals surface area contributed by atoms with Gasteiger partial charge in [0.1, 0.15) is 0 Å². The second kappa shape index (κ2) is 9.00. The van der Waals surface area contributed by atoms with Crippen LogP contribution in [0.2, 0.25) is 0 Å². The topological polar surface area (TPSA) is 60.7 Å². The van der Waals surface area contributed by atoms with Gasteiger partial charge in [-0.25, -0.2) is 0 Å². The minimum absolute atomic E-state index is 0.116. The molecule has 3 saturated carbocycles. The summed E-state index contributed by atoms with van der Waals surface area (Å²) in [6.45, 7) is 14.2. The van der Waals surface area contributed by atoms with Crippen LogP contribution in [0.1, 0.15) is 99.3 Å². The Bertz CT molecular complexity index is 701. The van der Waals surface area contributed by atoms with Gasteiger partial charge in [-0.3, -0.25) is 0 Å². The van der Waals surface area contributed by atoms with Gasteiger partial charge in [-0.1, -0.05) is 66.0 Å². The van der Waals surface area contributed by atoms with Crippen molar-refractivity contribution in [3.05, 3.63) is 11.6 Å². The molecule has 5 unspecified atom stereocenters. The lowest BCUT2D eigenvalue weighted by atomic mass is 9.46. The largest absolute Gasteiger partial charge is 0.393 e. The summed E-state index contributed by atoms with van der Waals surface area (Å²) in [6, 6.07) is 0. The van der Waals surface area contributed by atoms with Crippen LogP contribution in [0.3, 0.4) is 0 Å². The second-order valence-electron chi connectivity index (χ2n) is 13.1. The van der Waals surface area contributed by atoms with Gasteiger partial charge >= 0.3 is 0 Å². The lowest BCUT2D eigenvalue weighted by molar-refractivity contribution is -0.0989. The molecular weight excluding hydrogens is 396 g/mol. The number of rotatable bonds is 6. The van der Waals surface area contributed by atoms with Crippen LogP contribution in [-0.4, -0.2) is 33.6 Å². The number of fused-ring (bicyclic) bond motifs is 5. The zero-order valence-corrected chi connectivity index (χ0v) is 21.6. The van der Waals surface area contributed by atoms with Crippen LogP contribution in [0.5, 0.6) is 0 Å². The molecule has 0 aromatic heterocycles. The number of hydrogen-bond donors (Lipinski definition) is 3. The third-order valence-electron chi connectivity index (χ3n) is 11.3. The molecule has 0 spiro atoms. The Morgan fingerprint density at radius 1 is 1.00 bits per heavy atom. The molecule has 184 valence electrons. The maximum absolute atomic E-state index is 11.4. The Hall–Kier alpha value is -0.380. The van der Waals surface area contributed by atoms with Crippen molar-refractivity contribution in [3.8, 4) is 0 Å². The van der Waals surface area contributed by atoms with Crippen LogP contribution in [0.15, 0.2) is 11.6 Å². The van der Waals surface area contributed by atoms with Crippen molar-refractivity contribution < 1.29 is 15.3 Å². The van der Waals surface area contributed by atoms with E-state index in [4.69, 9.17) is 0 Å². The number of aliphatic hydroxyl groups is 3. The Balaban J connectivity index is 1.56. The Labute approximate surface area is 197 Å². The van der Waals surface area contributed by atoms with E-state index in [0.717, 1.165) is 43.9 Å². The standard InChI is InChI=1S/C29H50O3/c1-7-19(17(2)3)9-8-18(4)27-25(32)16-23-26-22(11-13-29(23,27)6)28(5)12-10-21(30)14-20(28)15-24(26)31/h15,17-19,21-27,30-32H,7-14,16H2,1-6H3/t18?,19?,21?,22-,23-,24?,25?,26+,27-,28-,29-/m0/s1. The van der Waals surface area contributed by atoms with Crippen LogP contribution in [-0.2, 0) is 0 Å². The highest BCUT2D eigenvalue weighted by molar-refractivity contribution is 5.28. The maximum Gasteiger partial charge on any atom is 0.0757 e. The molecule has 4 aliphatic carbocycles. The molecule has 4 aliphatic rings. The minimum Gasteiger partial charge on any atom is -0.393 e. The molecule has 0 aromatic rings. The highest BCUT2D eigenvalue weighted by Gasteiger charge is 2.63. The van der Waals surface area contributed by atoms with Gasteiger partial charge < -0.3 is 15.3 Å². The van der Waals surface area contributed by atoms with Crippen molar-refractivity contribution in [1.29, 1.82) is 0 Å². The monoisotopic (exact) mass is 446 g/mol. The Morgan fingerprint density at radius 3 is 2.38 bits per heavy atom. The molecule has 11 atom stereocenters. The van der Waals surface area contributed by atoms with Crippen molar-refractivity contribution in [2.75, 3.05) is 0 Å². The van der Waals surface area contributed by atoms with Gasteiger partial charge in [-0.05, 0) is 97.2 Å². The van der Waals surface area contributed by atoms with Crippen molar-refractivity contribution >= 4 is 0 Å². The van der Waals surface area contributed by atoms with Crippen LogP contribution in [0, 0.1) is 52.3 Å². The second-order valence-corrected chi connectivity index (χ2v) is 13.1. The first-order valence-corrected chi connectivity index (χ1v) is 13.8. The number of aliphatic hydroxyl groups excluding tert-OH is 3. The first kappa shape index (κ1) is 24.7. The van der Waals surface area contributed by atoms with Gasteiger partial charge in [0.25, 0.3) is 0 Å². The molecule has 0 bridgehead atoms. The SMILES string of the molecule is CCC(CCC(C)[C@H]1C(O)C[C@H]2[C@@H]3C(O)C=C4CC(O)CC[C@]4(C)[C@H]3CC[C@]12C)C(C)C. The van der Waals surface area contributed by atoms with Gasteiger partial charge in [-0.15, -0.1) is 0 Å². The summed E-state index contributed by atoms with van der Waals surface area (Å²) in [4.78, 5) is 0. The first-order chi connectivity index (χ1) is 15.0. The van der Waals surface area contributed by atoms with E-state index in [1.54, 1.807) is 0 Å². The molecule has 3 N–H and O–H groups in total. The Morgan fingerprint density at radius 2 is 1.72 bits per heavy atom. The van der Waals surface area contributed by atoms with Crippen LogP contribution >= 0.6 is 0 Å². The summed E-state index contributed by atoms with van der Waals surface area (Å²) < 4.78 is 0. The fraction of sp³-hybridized carbons (Fsp3) is 0.931. The molecule has 3 fully saturated rings. The van der Waals surface area contributed by atoms with Gasteiger partial charge in [0.2, 0.25) is 0 Å². The third kappa shape index (κ3) is 3.93. The summed E-state index contributed by atoms with van der Waals surface area (Å²) in [6.07, 6.45) is 10.7. The lowest BCUT2D eigenvalue weighted by Gasteiger charge is -2.59. The van der Waals surface area contributed by atoms with Crippen LogP contribution < -0.4 is 0 Å². The lowest BCUT2D eigenvalue weighted by Crippen LogP contribution is -2.55. The molecule has 3 nitrogen and oxygen atoms in total. The maximum atomic E-state index is 11.4. The molecule has 0 aliphatic heterocycles. The predicted molar refractivity (Wildman–Crippen MR) is 131 cm³/mol. The van der Waals surface area contributed by atoms with E-state index >= 15 is 0 Å². The normalized spacial score (nSPS) is 47.9. The molecule has 0 aromatic carbocycles. The molecule has 4 rings (SSSR count). The zero-order valence-electron chi connectivity index (χ0n) is 21.6. The zero-order chi connectivity index (χ0) is 23.4. The van der Waals surface area contributed by atoms with E-state index in [1.165, 1.54) is 31.3 Å². The smallest absolute Gasteiger partial charge is 0.0757 e. The van der Waals surface area contributed by atoms with Crippen molar-refractivity contribution in [1.82, 2.24) is 0 Å².